The van der Waals surface area contributed by atoms with Gasteiger partial charge in [0.05, 0.1) is 7.05 Å². The van der Waals surface area contributed by atoms with Gasteiger partial charge < -0.3 is 0 Å². The molecule has 0 aliphatic carbocycles. The third-order valence-corrected chi connectivity index (χ3v) is 3.61. The molecule has 3 rings (SSSR count). The topological polar surface area (TPSA) is 29.1 Å². The van der Waals surface area contributed by atoms with Crippen LogP contribution in [-0.4, -0.2) is 22.0 Å². The summed E-state index contributed by atoms with van der Waals surface area (Å²) in [5.41, 5.74) is 2.64. The molecule has 1 amide bonds. The third kappa shape index (κ3) is 2.38. The minimum absolute atomic E-state index is 0.0531. The molecule has 1 aliphatic rings. The molecular weight excluding hydrogens is 238 g/mol. The molecule has 0 atom stereocenters. The highest BCUT2D eigenvalue weighted by molar-refractivity contribution is 5.76. The first-order valence-corrected chi connectivity index (χ1v) is 6.63. The fraction of sp³-hybridized carbons (Fsp3) is 0.333. The molecule has 19 heavy (non-hydrogen) atoms. The number of amides is 1. The second-order valence-corrected chi connectivity index (χ2v) is 5.06. The molecular formula is C15H18N3O+. The second-order valence-electron chi connectivity index (χ2n) is 5.06. The number of carbonyl (C=O) groups excluding carboxylic acids is 1. The van der Waals surface area contributed by atoms with Gasteiger partial charge in [0, 0.05) is 13.1 Å². The van der Waals surface area contributed by atoms with Crippen molar-refractivity contribution in [1.82, 2.24) is 9.47 Å². The van der Waals surface area contributed by atoms with Crippen molar-refractivity contribution in [1.29, 1.82) is 0 Å². The van der Waals surface area contributed by atoms with Gasteiger partial charge in [-0.15, -0.1) is 0 Å². The Morgan fingerprint density at radius 1 is 1.26 bits per heavy atom. The number of hydrogen-bond acceptors (Lipinski definition) is 1. The Labute approximate surface area is 112 Å². The first kappa shape index (κ1) is 12.0. The van der Waals surface area contributed by atoms with E-state index in [0.29, 0.717) is 6.54 Å². The van der Waals surface area contributed by atoms with Gasteiger partial charge in [0.25, 0.3) is 6.33 Å². The van der Waals surface area contributed by atoms with Crippen LogP contribution in [0.3, 0.4) is 0 Å². The Hall–Kier alpha value is -2.10. The van der Waals surface area contributed by atoms with Crippen LogP contribution < -0.4 is 4.57 Å². The molecule has 0 radical (unpaired) electrons. The average Bonchev–Trinajstić information content (AvgIpc) is 2.74. The monoisotopic (exact) mass is 256 g/mol. The van der Waals surface area contributed by atoms with E-state index in [1.54, 1.807) is 17.1 Å². The Morgan fingerprint density at radius 2 is 2.05 bits per heavy atom. The van der Waals surface area contributed by atoms with Gasteiger partial charge in [0.15, 0.2) is 0 Å². The van der Waals surface area contributed by atoms with Crippen molar-refractivity contribution in [2.24, 2.45) is 7.05 Å². The lowest BCUT2D eigenvalue weighted by molar-refractivity contribution is -0.670. The normalized spacial score (nSPS) is 14.9. The van der Waals surface area contributed by atoms with Crippen molar-refractivity contribution in [3.8, 4) is 0 Å². The van der Waals surface area contributed by atoms with Gasteiger partial charge >= 0.3 is 6.03 Å². The number of fused-ring (bicyclic) bond motifs is 1. The zero-order valence-electron chi connectivity index (χ0n) is 11.1. The molecule has 0 N–H and O–H groups in total. The predicted molar refractivity (Wildman–Crippen MR) is 71.6 cm³/mol. The first-order valence-electron chi connectivity index (χ1n) is 6.63. The van der Waals surface area contributed by atoms with Crippen molar-refractivity contribution in [3.05, 3.63) is 54.1 Å². The van der Waals surface area contributed by atoms with Crippen molar-refractivity contribution in [2.45, 2.75) is 19.4 Å². The van der Waals surface area contributed by atoms with Crippen LogP contribution in [0.25, 0.3) is 0 Å². The number of imidazole rings is 1. The van der Waals surface area contributed by atoms with Gasteiger partial charge in [-0.25, -0.2) is 9.36 Å². The molecule has 4 heteroatoms. The maximum Gasteiger partial charge on any atom is 0.416 e. The summed E-state index contributed by atoms with van der Waals surface area (Å²) in [4.78, 5) is 14.4. The van der Waals surface area contributed by atoms with Gasteiger partial charge in [-0.3, -0.25) is 4.90 Å². The lowest BCUT2D eigenvalue weighted by atomic mass is 10.0. The highest BCUT2D eigenvalue weighted by atomic mass is 16.2. The summed E-state index contributed by atoms with van der Waals surface area (Å²) in [6.07, 6.45) is 7.57. The van der Waals surface area contributed by atoms with Crippen molar-refractivity contribution < 1.29 is 9.36 Å². The number of hydrogen-bond donors (Lipinski definition) is 0. The molecule has 0 bridgehead atoms. The van der Waals surface area contributed by atoms with Crippen molar-refractivity contribution >= 4 is 6.03 Å². The molecule has 0 spiro atoms. The van der Waals surface area contributed by atoms with E-state index in [9.17, 15) is 4.79 Å². The molecule has 0 saturated heterocycles. The first-order chi connectivity index (χ1) is 9.24. The highest BCUT2D eigenvalue weighted by Crippen LogP contribution is 2.18. The Kier molecular flexibility index (Phi) is 3.07. The molecule has 1 aliphatic heterocycles. The number of benzene rings is 1. The zero-order valence-corrected chi connectivity index (χ0v) is 11.1. The minimum atomic E-state index is 0.0531. The third-order valence-electron chi connectivity index (χ3n) is 3.61. The van der Waals surface area contributed by atoms with Crippen LogP contribution in [0.1, 0.15) is 17.5 Å². The van der Waals surface area contributed by atoms with Crippen LogP contribution in [0.2, 0.25) is 0 Å². The van der Waals surface area contributed by atoms with E-state index < -0.39 is 0 Å². The molecule has 1 aromatic heterocycles. The second kappa shape index (κ2) is 4.88. The van der Waals surface area contributed by atoms with Gasteiger partial charge in [0.1, 0.15) is 12.4 Å². The number of aromatic nitrogens is 2. The van der Waals surface area contributed by atoms with Gasteiger partial charge in [-0.05, 0) is 24.0 Å². The summed E-state index contributed by atoms with van der Waals surface area (Å²) >= 11 is 0. The minimum Gasteiger partial charge on any atom is -0.300 e. The van der Waals surface area contributed by atoms with Crippen molar-refractivity contribution in [3.63, 3.8) is 0 Å². The molecule has 2 aromatic rings. The summed E-state index contributed by atoms with van der Waals surface area (Å²) in [6, 6.07) is 8.46. The molecule has 98 valence electrons. The fourth-order valence-corrected chi connectivity index (χ4v) is 2.59. The summed E-state index contributed by atoms with van der Waals surface area (Å²) < 4.78 is 3.53. The maximum atomic E-state index is 12.5. The van der Waals surface area contributed by atoms with Gasteiger partial charge in [-0.2, -0.15) is 4.57 Å². The predicted octanol–water partition coefficient (Wildman–Crippen LogP) is 1.73. The van der Waals surface area contributed by atoms with Gasteiger partial charge in [0.2, 0.25) is 0 Å². The van der Waals surface area contributed by atoms with Crippen LogP contribution in [0.5, 0.6) is 0 Å². The van der Waals surface area contributed by atoms with E-state index in [-0.39, 0.29) is 6.03 Å². The van der Waals surface area contributed by atoms with Crippen LogP contribution in [0, 0.1) is 0 Å². The number of rotatable bonds is 0. The zero-order chi connectivity index (χ0) is 13.2. The highest BCUT2D eigenvalue weighted by Gasteiger charge is 2.23. The van der Waals surface area contributed by atoms with E-state index in [2.05, 4.69) is 18.2 Å². The van der Waals surface area contributed by atoms with E-state index in [1.165, 1.54) is 11.1 Å². The summed E-state index contributed by atoms with van der Waals surface area (Å²) in [5, 5.41) is 0. The summed E-state index contributed by atoms with van der Waals surface area (Å²) in [6.45, 7) is 1.52. The van der Waals surface area contributed by atoms with Gasteiger partial charge in [-0.1, -0.05) is 24.3 Å². The lowest BCUT2D eigenvalue weighted by Gasteiger charge is -2.17. The maximum absolute atomic E-state index is 12.5. The van der Waals surface area contributed by atoms with E-state index >= 15 is 0 Å². The van der Waals surface area contributed by atoms with Crippen LogP contribution >= 0.6 is 0 Å². The smallest absolute Gasteiger partial charge is 0.300 e. The molecule has 0 saturated carbocycles. The van der Waals surface area contributed by atoms with E-state index in [4.69, 9.17) is 0 Å². The van der Waals surface area contributed by atoms with Crippen molar-refractivity contribution in [2.75, 3.05) is 6.54 Å². The fourth-order valence-electron chi connectivity index (χ4n) is 2.59. The van der Waals surface area contributed by atoms with Crippen LogP contribution in [0.4, 0.5) is 4.79 Å². The quantitative estimate of drug-likeness (QED) is 0.660. The number of carbonyl (C=O) groups is 1. The summed E-state index contributed by atoms with van der Waals surface area (Å²) in [5.74, 6) is 0. The van der Waals surface area contributed by atoms with E-state index in [0.717, 1.165) is 19.4 Å². The molecule has 1 aromatic carbocycles. The Morgan fingerprint density at radius 3 is 2.79 bits per heavy atom. The molecule has 0 fully saturated rings. The summed E-state index contributed by atoms with van der Waals surface area (Å²) in [7, 11) is 1.92. The van der Waals surface area contributed by atoms with Crippen LogP contribution in [-0.2, 0) is 20.0 Å². The standard InChI is InChI=1S/C15H18N3O/c1-16-9-10-18(12-16)15(19)17-8-4-7-13-5-2-3-6-14(13)11-17/h2-3,5-6,9-10,12H,4,7-8,11H2,1H3/q+1. The largest absolute Gasteiger partial charge is 0.416 e. The number of aryl methyl sites for hydroxylation is 2. The number of nitrogens with zero attached hydrogens (tertiary/aromatic N) is 3. The molecule has 2 heterocycles. The molecule has 0 unspecified atom stereocenters. The molecule has 4 nitrogen and oxygen atoms in total. The Balaban J connectivity index is 1.84. The van der Waals surface area contributed by atoms with Crippen LogP contribution in [0.15, 0.2) is 43.0 Å². The average molecular weight is 256 g/mol. The SMILES string of the molecule is C[n+]1ccn(C(=O)N2CCCc3ccccc3C2)c1. The Bertz CT molecular complexity index is 603. The van der Waals surface area contributed by atoms with E-state index in [1.807, 2.05) is 28.8 Å². The lowest BCUT2D eigenvalue weighted by Crippen LogP contribution is -2.35.